The SMILES string of the molecule is CCOC(=O)C(C)CNc1ccccc1SC(F)F. The highest BCUT2D eigenvalue weighted by Crippen LogP contribution is 2.31. The lowest BCUT2D eigenvalue weighted by Gasteiger charge is -2.14. The fourth-order valence-corrected chi connectivity index (χ4v) is 2.06. The quantitative estimate of drug-likeness (QED) is 0.614. The average Bonchev–Trinajstić information content (AvgIpc) is 2.37. The van der Waals surface area contributed by atoms with E-state index >= 15 is 0 Å². The number of carbonyl (C=O) groups is 1. The zero-order chi connectivity index (χ0) is 14.3. The van der Waals surface area contributed by atoms with Crippen LogP contribution in [0.5, 0.6) is 0 Å². The van der Waals surface area contributed by atoms with Gasteiger partial charge in [-0.2, -0.15) is 8.78 Å². The number of nitrogens with one attached hydrogen (secondary N) is 1. The number of alkyl halides is 2. The second kappa shape index (κ2) is 7.99. The fraction of sp³-hybridized carbons (Fsp3) is 0.462. The summed E-state index contributed by atoms with van der Waals surface area (Å²) in [6.45, 7) is 4.15. The lowest BCUT2D eigenvalue weighted by atomic mass is 10.2. The second-order valence-corrected chi connectivity index (χ2v) is 4.94. The van der Waals surface area contributed by atoms with Crippen molar-refractivity contribution >= 4 is 23.4 Å². The van der Waals surface area contributed by atoms with Crippen molar-refractivity contribution in [1.29, 1.82) is 0 Å². The number of para-hydroxylation sites is 1. The van der Waals surface area contributed by atoms with E-state index in [1.807, 2.05) is 0 Å². The minimum Gasteiger partial charge on any atom is -0.466 e. The van der Waals surface area contributed by atoms with E-state index in [0.29, 0.717) is 35.5 Å². The van der Waals surface area contributed by atoms with Crippen molar-refractivity contribution in [3.8, 4) is 0 Å². The molecule has 0 heterocycles. The molecule has 0 aliphatic carbocycles. The second-order valence-electron chi connectivity index (χ2n) is 3.91. The van der Waals surface area contributed by atoms with Crippen LogP contribution in [0.1, 0.15) is 13.8 Å². The summed E-state index contributed by atoms with van der Waals surface area (Å²) >= 11 is 0.483. The average molecular weight is 289 g/mol. The van der Waals surface area contributed by atoms with Gasteiger partial charge in [-0.1, -0.05) is 30.8 Å². The molecule has 0 bridgehead atoms. The minimum atomic E-state index is -2.47. The molecule has 1 N–H and O–H groups in total. The molecule has 0 aliphatic heterocycles. The van der Waals surface area contributed by atoms with Gasteiger partial charge in [0.05, 0.1) is 12.5 Å². The number of esters is 1. The van der Waals surface area contributed by atoms with Crippen molar-refractivity contribution in [2.45, 2.75) is 24.5 Å². The Morgan fingerprint density at radius 2 is 2.11 bits per heavy atom. The van der Waals surface area contributed by atoms with Gasteiger partial charge in [0.1, 0.15) is 0 Å². The van der Waals surface area contributed by atoms with Crippen LogP contribution in [0, 0.1) is 5.92 Å². The molecule has 0 aliphatic rings. The standard InChI is InChI=1S/C13H17F2NO2S/c1-3-18-12(17)9(2)8-16-10-6-4-5-7-11(10)19-13(14)15/h4-7,9,13,16H,3,8H2,1-2H3. The van der Waals surface area contributed by atoms with Gasteiger partial charge < -0.3 is 10.1 Å². The summed E-state index contributed by atoms with van der Waals surface area (Å²) in [5.74, 6) is -3.09. The highest BCUT2D eigenvalue weighted by atomic mass is 32.2. The number of rotatable bonds is 7. The van der Waals surface area contributed by atoms with E-state index < -0.39 is 5.76 Å². The maximum absolute atomic E-state index is 12.4. The van der Waals surface area contributed by atoms with E-state index in [-0.39, 0.29) is 11.9 Å². The summed E-state index contributed by atoms with van der Waals surface area (Å²) < 4.78 is 29.7. The molecule has 0 aromatic heterocycles. The molecule has 1 rings (SSSR count). The summed E-state index contributed by atoms with van der Waals surface area (Å²) in [5, 5.41) is 3.00. The maximum atomic E-state index is 12.4. The van der Waals surface area contributed by atoms with Gasteiger partial charge in [-0.05, 0) is 19.1 Å². The highest BCUT2D eigenvalue weighted by Gasteiger charge is 2.15. The third kappa shape index (κ3) is 5.46. The van der Waals surface area contributed by atoms with E-state index in [4.69, 9.17) is 4.74 Å². The van der Waals surface area contributed by atoms with Gasteiger partial charge in [-0.15, -0.1) is 0 Å². The topological polar surface area (TPSA) is 38.3 Å². The Hall–Kier alpha value is -1.30. The molecule has 1 unspecified atom stereocenters. The van der Waals surface area contributed by atoms with Crippen molar-refractivity contribution in [2.75, 3.05) is 18.5 Å². The molecule has 0 fully saturated rings. The van der Waals surface area contributed by atoms with Gasteiger partial charge in [0.2, 0.25) is 0 Å². The molecule has 0 saturated heterocycles. The smallest absolute Gasteiger partial charge is 0.310 e. The van der Waals surface area contributed by atoms with Gasteiger partial charge in [-0.25, -0.2) is 0 Å². The molecular weight excluding hydrogens is 272 g/mol. The first-order valence-electron chi connectivity index (χ1n) is 5.99. The molecule has 1 atom stereocenters. The van der Waals surface area contributed by atoms with Gasteiger partial charge >= 0.3 is 5.97 Å². The van der Waals surface area contributed by atoms with Crippen molar-refractivity contribution in [2.24, 2.45) is 5.92 Å². The Bertz CT molecular complexity index is 415. The zero-order valence-electron chi connectivity index (χ0n) is 10.9. The highest BCUT2D eigenvalue weighted by molar-refractivity contribution is 7.99. The van der Waals surface area contributed by atoms with Crippen LogP contribution in [0.15, 0.2) is 29.2 Å². The van der Waals surface area contributed by atoms with Gasteiger partial charge in [0.25, 0.3) is 5.76 Å². The van der Waals surface area contributed by atoms with Crippen LogP contribution in [0.3, 0.4) is 0 Å². The zero-order valence-corrected chi connectivity index (χ0v) is 11.7. The minimum absolute atomic E-state index is 0.297. The fourth-order valence-electron chi connectivity index (χ4n) is 1.44. The van der Waals surface area contributed by atoms with Crippen LogP contribution >= 0.6 is 11.8 Å². The third-order valence-corrected chi connectivity index (χ3v) is 3.18. The van der Waals surface area contributed by atoms with Crippen molar-refractivity contribution < 1.29 is 18.3 Å². The molecule has 106 valence electrons. The number of thioether (sulfide) groups is 1. The first kappa shape index (κ1) is 15.8. The maximum Gasteiger partial charge on any atom is 0.310 e. The molecule has 6 heteroatoms. The monoisotopic (exact) mass is 289 g/mol. The Balaban J connectivity index is 2.59. The van der Waals surface area contributed by atoms with Gasteiger partial charge in [-0.3, -0.25) is 4.79 Å². The summed E-state index contributed by atoms with van der Waals surface area (Å²) in [4.78, 5) is 11.9. The lowest BCUT2D eigenvalue weighted by Crippen LogP contribution is -2.22. The van der Waals surface area contributed by atoms with Crippen LogP contribution in [0.2, 0.25) is 0 Å². The molecule has 19 heavy (non-hydrogen) atoms. The number of carbonyl (C=O) groups excluding carboxylic acids is 1. The predicted octanol–water partition coefficient (Wildman–Crippen LogP) is 3.61. The van der Waals surface area contributed by atoms with Crippen LogP contribution in [-0.4, -0.2) is 24.9 Å². The molecule has 0 saturated carbocycles. The normalized spacial score (nSPS) is 12.3. The number of benzene rings is 1. The first-order valence-corrected chi connectivity index (χ1v) is 6.87. The Kier molecular flexibility index (Phi) is 6.62. The largest absolute Gasteiger partial charge is 0.466 e. The number of anilines is 1. The molecular formula is C13H17F2NO2S. The third-order valence-electron chi connectivity index (χ3n) is 2.39. The molecule has 0 amide bonds. The molecule has 0 radical (unpaired) electrons. The summed E-state index contributed by atoms with van der Waals surface area (Å²) in [5.41, 5.74) is 0.601. The van der Waals surface area contributed by atoms with Gasteiger partial charge in [0, 0.05) is 17.1 Å². The van der Waals surface area contributed by atoms with Crippen molar-refractivity contribution in [3.63, 3.8) is 0 Å². The summed E-state index contributed by atoms with van der Waals surface area (Å²) in [6.07, 6.45) is 0. The molecule has 0 spiro atoms. The predicted molar refractivity (Wildman–Crippen MR) is 72.6 cm³/mol. The van der Waals surface area contributed by atoms with Gasteiger partial charge in [0.15, 0.2) is 0 Å². The molecule has 1 aromatic rings. The molecule has 1 aromatic carbocycles. The molecule has 3 nitrogen and oxygen atoms in total. The van der Waals surface area contributed by atoms with E-state index in [1.165, 1.54) is 0 Å². The number of hydrogen-bond donors (Lipinski definition) is 1. The van der Waals surface area contributed by atoms with Crippen LogP contribution in [0.25, 0.3) is 0 Å². The van der Waals surface area contributed by atoms with Crippen LogP contribution in [-0.2, 0) is 9.53 Å². The van der Waals surface area contributed by atoms with E-state index in [9.17, 15) is 13.6 Å². The number of ether oxygens (including phenoxy) is 1. The van der Waals surface area contributed by atoms with Crippen LogP contribution < -0.4 is 5.32 Å². The summed E-state index contributed by atoms with van der Waals surface area (Å²) in [7, 11) is 0. The van der Waals surface area contributed by atoms with Crippen molar-refractivity contribution in [1.82, 2.24) is 0 Å². The number of halogens is 2. The lowest BCUT2D eigenvalue weighted by molar-refractivity contribution is -0.146. The van der Waals surface area contributed by atoms with E-state index in [0.717, 1.165) is 0 Å². The Morgan fingerprint density at radius 3 is 2.74 bits per heavy atom. The van der Waals surface area contributed by atoms with E-state index in [1.54, 1.807) is 38.1 Å². The Morgan fingerprint density at radius 1 is 1.42 bits per heavy atom. The summed E-state index contributed by atoms with van der Waals surface area (Å²) in [6, 6.07) is 6.79. The van der Waals surface area contributed by atoms with E-state index in [2.05, 4.69) is 5.32 Å². The van der Waals surface area contributed by atoms with Crippen molar-refractivity contribution in [3.05, 3.63) is 24.3 Å². The first-order chi connectivity index (χ1) is 9.04. The van der Waals surface area contributed by atoms with Crippen LogP contribution in [0.4, 0.5) is 14.5 Å². The number of hydrogen-bond acceptors (Lipinski definition) is 4. The Labute approximate surface area is 115 Å².